The molecule has 0 aromatic heterocycles. The maximum absolute atomic E-state index is 12.8. The molecule has 0 saturated carbocycles. The van der Waals surface area contributed by atoms with Crippen molar-refractivity contribution in [3.05, 3.63) is 46.7 Å². The maximum Gasteiger partial charge on any atom is 0.410 e. The molecule has 8 nitrogen and oxygen atoms in total. The minimum atomic E-state index is -0.293. The number of rotatable bonds is 5. The van der Waals surface area contributed by atoms with E-state index in [0.717, 1.165) is 60.9 Å². The van der Waals surface area contributed by atoms with E-state index in [4.69, 9.17) is 9.47 Å². The number of carbonyl (C=O) groups is 2. The van der Waals surface area contributed by atoms with E-state index in [9.17, 15) is 9.59 Å². The van der Waals surface area contributed by atoms with Crippen molar-refractivity contribution in [2.45, 2.75) is 13.5 Å². The van der Waals surface area contributed by atoms with Gasteiger partial charge in [0.05, 0.1) is 31.0 Å². The van der Waals surface area contributed by atoms with E-state index in [0.29, 0.717) is 25.3 Å². The third-order valence-corrected chi connectivity index (χ3v) is 6.16. The molecule has 5 rings (SSSR count). The lowest BCUT2D eigenvalue weighted by Crippen LogP contribution is -2.39. The number of allylic oxidation sites excluding steroid dienone is 1. The van der Waals surface area contributed by atoms with Crippen LogP contribution in [0.3, 0.4) is 0 Å². The van der Waals surface area contributed by atoms with Crippen LogP contribution in [-0.2, 0) is 20.8 Å². The second-order valence-corrected chi connectivity index (χ2v) is 8.28. The zero-order valence-electron chi connectivity index (χ0n) is 17.6. The molecule has 0 aliphatic carbocycles. The van der Waals surface area contributed by atoms with Gasteiger partial charge in [-0.25, -0.2) is 4.79 Å². The first-order valence-corrected chi connectivity index (χ1v) is 10.7. The quantitative estimate of drug-likeness (QED) is 0.736. The van der Waals surface area contributed by atoms with E-state index in [1.165, 1.54) is 0 Å². The van der Waals surface area contributed by atoms with Crippen molar-refractivity contribution in [1.82, 2.24) is 9.80 Å². The Bertz CT molecular complexity index is 1010. The molecule has 31 heavy (non-hydrogen) atoms. The van der Waals surface area contributed by atoms with Crippen LogP contribution in [0.2, 0.25) is 0 Å². The van der Waals surface area contributed by atoms with Crippen molar-refractivity contribution in [3.8, 4) is 0 Å². The molecule has 2 amide bonds. The largest absolute Gasteiger partial charge is 0.448 e. The Balaban J connectivity index is 1.38. The van der Waals surface area contributed by atoms with Crippen LogP contribution < -0.4 is 5.32 Å². The van der Waals surface area contributed by atoms with Crippen LogP contribution in [0, 0.1) is 5.92 Å². The Morgan fingerprint density at radius 3 is 2.81 bits per heavy atom. The molecule has 1 aromatic carbocycles. The summed E-state index contributed by atoms with van der Waals surface area (Å²) in [6, 6.07) is 5.83. The van der Waals surface area contributed by atoms with Crippen molar-refractivity contribution >= 4 is 29.5 Å². The van der Waals surface area contributed by atoms with E-state index in [2.05, 4.69) is 21.3 Å². The highest BCUT2D eigenvalue weighted by Crippen LogP contribution is 2.37. The van der Waals surface area contributed by atoms with Crippen molar-refractivity contribution in [2.24, 2.45) is 10.9 Å². The number of nitrogens with zero attached hydrogens (tertiary/aromatic N) is 3. The Kier molecular flexibility index (Phi) is 5.33. The van der Waals surface area contributed by atoms with Gasteiger partial charge in [-0.1, -0.05) is 6.07 Å². The average molecular weight is 422 g/mol. The molecule has 1 N–H and O–H groups in total. The summed E-state index contributed by atoms with van der Waals surface area (Å²) in [5, 5.41) is 2.96. The molecule has 8 heteroatoms. The summed E-state index contributed by atoms with van der Waals surface area (Å²) in [4.78, 5) is 33.2. The number of hydrogen-bond acceptors (Lipinski definition) is 6. The monoisotopic (exact) mass is 422 g/mol. The summed E-state index contributed by atoms with van der Waals surface area (Å²) in [7, 11) is 0. The van der Waals surface area contributed by atoms with Crippen molar-refractivity contribution in [2.75, 3.05) is 51.3 Å². The van der Waals surface area contributed by atoms with Gasteiger partial charge in [0.1, 0.15) is 6.61 Å². The summed E-state index contributed by atoms with van der Waals surface area (Å²) in [6.07, 6.45) is 3.82. The van der Waals surface area contributed by atoms with Crippen LogP contribution in [-0.4, -0.2) is 74.0 Å². The lowest BCUT2D eigenvalue weighted by molar-refractivity contribution is -0.110. The van der Waals surface area contributed by atoms with Crippen molar-refractivity contribution in [1.29, 1.82) is 0 Å². The third-order valence-electron chi connectivity index (χ3n) is 6.16. The summed E-state index contributed by atoms with van der Waals surface area (Å²) in [6.45, 7) is 7.78. The van der Waals surface area contributed by atoms with Crippen LogP contribution in [0.15, 0.2) is 40.5 Å². The summed E-state index contributed by atoms with van der Waals surface area (Å²) in [5.41, 5.74) is 4.99. The Morgan fingerprint density at radius 1 is 1.19 bits per heavy atom. The SMILES string of the molecule is CC(C1=CC(CN2CCOCC2)C=N1)=C1C(=O)Nc2ccc(CN3CCOC3=O)cc21. The molecule has 2 saturated heterocycles. The van der Waals surface area contributed by atoms with Crippen molar-refractivity contribution in [3.63, 3.8) is 0 Å². The number of amides is 2. The van der Waals surface area contributed by atoms with E-state index in [1.807, 2.05) is 31.3 Å². The fourth-order valence-electron chi connectivity index (χ4n) is 4.47. The second kappa shape index (κ2) is 8.28. The van der Waals surface area contributed by atoms with Crippen LogP contribution in [0.5, 0.6) is 0 Å². The van der Waals surface area contributed by atoms with E-state index in [1.54, 1.807) is 4.90 Å². The number of nitrogens with one attached hydrogen (secondary N) is 1. The number of morpholine rings is 1. The molecule has 4 aliphatic rings. The number of fused-ring (bicyclic) bond motifs is 1. The van der Waals surface area contributed by atoms with Gasteiger partial charge in [0, 0.05) is 49.6 Å². The standard InChI is InChI=1S/C23H26N4O4/c1-15(20-11-17(12-24-20)13-26-4-7-30-8-5-26)21-18-10-16(2-3-19(18)25-22(21)28)14-27-6-9-31-23(27)29/h2-3,10-12,17H,4-9,13-14H2,1H3,(H,25,28). The minimum Gasteiger partial charge on any atom is -0.448 e. The smallest absolute Gasteiger partial charge is 0.410 e. The first-order chi connectivity index (χ1) is 15.1. The highest BCUT2D eigenvalue weighted by atomic mass is 16.6. The van der Waals surface area contributed by atoms with E-state index >= 15 is 0 Å². The molecular weight excluding hydrogens is 396 g/mol. The molecule has 0 radical (unpaired) electrons. The Hall–Kier alpha value is -2.97. The fraction of sp³-hybridized carbons (Fsp3) is 0.435. The van der Waals surface area contributed by atoms with Gasteiger partial charge in [-0.05, 0) is 36.3 Å². The van der Waals surface area contributed by atoms with Crippen LogP contribution in [0.1, 0.15) is 18.1 Å². The zero-order chi connectivity index (χ0) is 21.4. The molecule has 1 unspecified atom stereocenters. The Morgan fingerprint density at radius 2 is 2.03 bits per heavy atom. The van der Waals surface area contributed by atoms with Crippen LogP contribution in [0.25, 0.3) is 5.57 Å². The first kappa shape index (κ1) is 20.0. The summed E-state index contributed by atoms with van der Waals surface area (Å²) >= 11 is 0. The van der Waals surface area contributed by atoms with Gasteiger partial charge in [0.2, 0.25) is 0 Å². The molecule has 1 aromatic rings. The number of ether oxygens (including phenoxy) is 2. The van der Waals surface area contributed by atoms with Gasteiger partial charge >= 0.3 is 6.09 Å². The summed E-state index contributed by atoms with van der Waals surface area (Å²) in [5.74, 6) is 0.123. The lowest BCUT2D eigenvalue weighted by atomic mass is 9.97. The first-order valence-electron chi connectivity index (χ1n) is 10.7. The number of benzene rings is 1. The number of aliphatic imine (C=N–C) groups is 1. The summed E-state index contributed by atoms with van der Waals surface area (Å²) < 4.78 is 10.4. The Labute approximate surface area is 181 Å². The number of cyclic esters (lactones) is 1. The topological polar surface area (TPSA) is 83.5 Å². The third kappa shape index (κ3) is 4.00. The van der Waals surface area contributed by atoms with E-state index in [-0.39, 0.29) is 17.9 Å². The van der Waals surface area contributed by atoms with Gasteiger partial charge < -0.3 is 19.7 Å². The molecule has 2 fully saturated rings. The maximum atomic E-state index is 12.8. The average Bonchev–Trinajstić information content (AvgIpc) is 3.47. The molecule has 4 heterocycles. The lowest BCUT2D eigenvalue weighted by Gasteiger charge is -2.27. The molecule has 4 aliphatic heterocycles. The fourth-order valence-corrected chi connectivity index (χ4v) is 4.47. The van der Waals surface area contributed by atoms with E-state index < -0.39 is 0 Å². The molecule has 162 valence electrons. The van der Waals surface area contributed by atoms with Crippen LogP contribution in [0.4, 0.5) is 10.5 Å². The molecule has 0 bridgehead atoms. The van der Waals surface area contributed by atoms with Gasteiger partial charge in [-0.3, -0.25) is 14.7 Å². The predicted octanol–water partition coefficient (Wildman–Crippen LogP) is 2.28. The van der Waals surface area contributed by atoms with Crippen molar-refractivity contribution < 1.29 is 19.1 Å². The predicted molar refractivity (Wildman–Crippen MR) is 117 cm³/mol. The van der Waals surface area contributed by atoms with Gasteiger partial charge in [-0.2, -0.15) is 0 Å². The van der Waals surface area contributed by atoms with Gasteiger partial charge in [-0.15, -0.1) is 0 Å². The zero-order valence-corrected chi connectivity index (χ0v) is 17.6. The second-order valence-electron chi connectivity index (χ2n) is 8.28. The highest BCUT2D eigenvalue weighted by molar-refractivity contribution is 6.32. The number of hydrogen-bond donors (Lipinski definition) is 1. The number of anilines is 1. The molecule has 0 spiro atoms. The highest BCUT2D eigenvalue weighted by Gasteiger charge is 2.29. The minimum absolute atomic E-state index is 0.113. The van der Waals surface area contributed by atoms with Gasteiger partial charge in [0.25, 0.3) is 5.91 Å². The van der Waals surface area contributed by atoms with Gasteiger partial charge in [0.15, 0.2) is 0 Å². The normalized spacial score (nSPS) is 24.9. The molecular formula is C23H26N4O4. The van der Waals surface area contributed by atoms with Crippen LogP contribution >= 0.6 is 0 Å². The molecule has 1 atom stereocenters. The number of carbonyl (C=O) groups excluding carboxylic acids is 2.